The second-order valence-corrected chi connectivity index (χ2v) is 12.5. The molecular formula is C45H34N4. The zero-order chi connectivity index (χ0) is 32.6. The lowest BCUT2D eigenvalue weighted by Crippen LogP contribution is -2.45. The lowest BCUT2D eigenvalue weighted by atomic mass is 10.0. The fourth-order valence-corrected chi connectivity index (χ4v) is 7.06. The van der Waals surface area contributed by atoms with Crippen molar-refractivity contribution in [2.75, 3.05) is 0 Å². The Labute approximate surface area is 286 Å². The molecule has 2 N–H and O–H groups in total. The molecule has 0 fully saturated rings. The number of hydrogen-bond donors (Lipinski definition) is 2. The summed E-state index contributed by atoms with van der Waals surface area (Å²) < 4.78 is 2.39. The highest BCUT2D eigenvalue weighted by Crippen LogP contribution is 2.35. The Bertz CT molecular complexity index is 2450. The first-order valence-electron chi connectivity index (χ1n) is 16.8. The van der Waals surface area contributed by atoms with E-state index in [-0.39, 0.29) is 12.3 Å². The SMILES string of the molecule is c1ccc(-c2cccc(C3N=C(c4cccc(-n5c6ccccc6c6ccc(-c7ccccc7)cc65)c4)NC(c4ccccc4)N3)c2)cc1. The number of benzene rings is 7. The highest BCUT2D eigenvalue weighted by atomic mass is 15.3. The maximum Gasteiger partial charge on any atom is 0.131 e. The molecule has 1 aliphatic heterocycles. The molecule has 0 spiro atoms. The van der Waals surface area contributed by atoms with E-state index in [4.69, 9.17) is 4.99 Å². The molecule has 7 aromatic carbocycles. The smallest absolute Gasteiger partial charge is 0.131 e. The number of para-hydroxylation sites is 1. The molecule has 234 valence electrons. The van der Waals surface area contributed by atoms with E-state index in [2.05, 4.69) is 197 Å². The summed E-state index contributed by atoms with van der Waals surface area (Å²) in [6, 6.07) is 64.6. The van der Waals surface area contributed by atoms with Gasteiger partial charge in [-0.05, 0) is 63.7 Å². The Hall–Kier alpha value is -6.23. The van der Waals surface area contributed by atoms with Crippen molar-refractivity contribution in [3.63, 3.8) is 0 Å². The average molecular weight is 631 g/mol. The number of nitrogens with one attached hydrogen (secondary N) is 2. The third-order valence-electron chi connectivity index (χ3n) is 9.46. The van der Waals surface area contributed by atoms with Crippen LogP contribution in [0.5, 0.6) is 0 Å². The molecule has 0 radical (unpaired) electrons. The molecular weight excluding hydrogens is 597 g/mol. The molecule has 2 atom stereocenters. The zero-order valence-corrected chi connectivity index (χ0v) is 26.9. The van der Waals surface area contributed by atoms with Crippen molar-refractivity contribution >= 4 is 27.6 Å². The predicted octanol–water partition coefficient (Wildman–Crippen LogP) is 10.5. The minimum atomic E-state index is -0.240. The van der Waals surface area contributed by atoms with Gasteiger partial charge in [-0.25, -0.2) is 4.99 Å². The van der Waals surface area contributed by atoms with E-state index in [9.17, 15) is 0 Å². The number of aromatic nitrogens is 1. The molecule has 1 aromatic heterocycles. The van der Waals surface area contributed by atoms with Crippen molar-refractivity contribution in [3.05, 3.63) is 199 Å². The van der Waals surface area contributed by atoms with Crippen molar-refractivity contribution < 1.29 is 0 Å². The number of rotatable bonds is 6. The van der Waals surface area contributed by atoms with Crippen molar-refractivity contribution in [3.8, 4) is 27.9 Å². The van der Waals surface area contributed by atoms with E-state index in [1.165, 1.54) is 44.1 Å². The molecule has 4 heteroatoms. The highest BCUT2D eigenvalue weighted by molar-refractivity contribution is 6.10. The Morgan fingerprint density at radius 1 is 0.429 bits per heavy atom. The Kier molecular flexibility index (Phi) is 7.34. The largest absolute Gasteiger partial charge is 0.350 e. The van der Waals surface area contributed by atoms with Gasteiger partial charge >= 0.3 is 0 Å². The summed E-state index contributed by atoms with van der Waals surface area (Å²) in [4.78, 5) is 5.32. The van der Waals surface area contributed by atoms with E-state index in [0.29, 0.717) is 0 Å². The molecule has 1 aliphatic rings. The zero-order valence-electron chi connectivity index (χ0n) is 26.9. The first-order valence-corrected chi connectivity index (χ1v) is 16.8. The molecule has 0 saturated heterocycles. The first kappa shape index (κ1) is 29.0. The van der Waals surface area contributed by atoms with Gasteiger partial charge in [0, 0.05) is 22.0 Å². The molecule has 49 heavy (non-hydrogen) atoms. The Balaban J connectivity index is 1.17. The van der Waals surface area contributed by atoms with Crippen molar-refractivity contribution in [2.24, 2.45) is 4.99 Å². The summed E-state index contributed by atoms with van der Waals surface area (Å²) in [7, 11) is 0. The third kappa shape index (κ3) is 5.48. The van der Waals surface area contributed by atoms with Crippen LogP contribution in [0.3, 0.4) is 0 Å². The predicted molar refractivity (Wildman–Crippen MR) is 203 cm³/mol. The van der Waals surface area contributed by atoms with Crippen LogP contribution in [0.1, 0.15) is 29.0 Å². The fourth-order valence-electron chi connectivity index (χ4n) is 7.06. The minimum absolute atomic E-state index is 0.121. The summed E-state index contributed by atoms with van der Waals surface area (Å²) in [5.74, 6) is 0.857. The van der Waals surface area contributed by atoms with Crippen LogP contribution in [-0.4, -0.2) is 10.4 Å². The van der Waals surface area contributed by atoms with Crippen LogP contribution in [0.2, 0.25) is 0 Å². The van der Waals surface area contributed by atoms with Gasteiger partial charge in [-0.3, -0.25) is 5.32 Å². The van der Waals surface area contributed by atoms with Gasteiger partial charge in [0.1, 0.15) is 18.2 Å². The van der Waals surface area contributed by atoms with Crippen LogP contribution >= 0.6 is 0 Å². The number of nitrogens with zero attached hydrogens (tertiary/aromatic N) is 2. The van der Waals surface area contributed by atoms with Crippen molar-refractivity contribution in [1.29, 1.82) is 0 Å². The molecule has 2 unspecified atom stereocenters. The van der Waals surface area contributed by atoms with Crippen LogP contribution in [-0.2, 0) is 0 Å². The highest BCUT2D eigenvalue weighted by Gasteiger charge is 2.26. The number of amidine groups is 1. The van der Waals surface area contributed by atoms with Gasteiger partial charge in [-0.2, -0.15) is 0 Å². The van der Waals surface area contributed by atoms with Crippen molar-refractivity contribution in [1.82, 2.24) is 15.2 Å². The maximum absolute atomic E-state index is 5.32. The van der Waals surface area contributed by atoms with Gasteiger partial charge in [-0.1, -0.05) is 152 Å². The second kappa shape index (κ2) is 12.4. The molecule has 0 aliphatic carbocycles. The van der Waals surface area contributed by atoms with Crippen LogP contribution in [0.25, 0.3) is 49.7 Å². The van der Waals surface area contributed by atoms with Crippen LogP contribution < -0.4 is 10.6 Å². The quantitative estimate of drug-likeness (QED) is 0.192. The normalized spacial score (nSPS) is 16.0. The second-order valence-electron chi connectivity index (χ2n) is 12.5. The summed E-state index contributed by atoms with van der Waals surface area (Å²) in [6.07, 6.45) is -0.361. The van der Waals surface area contributed by atoms with Crippen LogP contribution in [0.4, 0.5) is 0 Å². The molecule has 0 bridgehead atoms. The average Bonchev–Trinajstić information content (AvgIpc) is 3.52. The van der Waals surface area contributed by atoms with Crippen LogP contribution in [0.15, 0.2) is 187 Å². The standard InChI is InChI=1S/C45H34N4/c1-4-14-31(15-5-1)34-20-12-21-36(28-34)44-46-43(33-18-8-3-9-19-33)47-45(48-44)37-22-13-23-38(29-37)49-41-25-11-10-24-39(41)40-27-26-35(30-42(40)49)32-16-6-2-7-17-32/h1-30,43-44,46H,(H,47,48). The lowest BCUT2D eigenvalue weighted by molar-refractivity contribution is 0.409. The van der Waals surface area contributed by atoms with Gasteiger partial charge in [0.05, 0.1) is 11.0 Å². The number of hydrogen-bond acceptors (Lipinski definition) is 3. The van der Waals surface area contributed by atoms with E-state index >= 15 is 0 Å². The molecule has 8 aromatic rings. The third-order valence-corrected chi connectivity index (χ3v) is 9.46. The van der Waals surface area contributed by atoms with E-state index in [1.54, 1.807) is 0 Å². The summed E-state index contributed by atoms with van der Waals surface area (Å²) in [6.45, 7) is 0. The van der Waals surface area contributed by atoms with Gasteiger partial charge < -0.3 is 9.88 Å². The van der Waals surface area contributed by atoms with Gasteiger partial charge in [0.15, 0.2) is 0 Å². The first-order chi connectivity index (χ1) is 24.3. The van der Waals surface area contributed by atoms with E-state index in [0.717, 1.165) is 28.2 Å². The molecule has 0 amide bonds. The number of fused-ring (bicyclic) bond motifs is 3. The maximum atomic E-state index is 5.32. The van der Waals surface area contributed by atoms with Crippen molar-refractivity contribution in [2.45, 2.75) is 12.3 Å². The summed E-state index contributed by atoms with van der Waals surface area (Å²) >= 11 is 0. The summed E-state index contributed by atoms with van der Waals surface area (Å²) in [5.41, 5.74) is 11.5. The Morgan fingerprint density at radius 2 is 1.02 bits per heavy atom. The topological polar surface area (TPSA) is 41.4 Å². The van der Waals surface area contributed by atoms with Crippen LogP contribution in [0, 0.1) is 0 Å². The van der Waals surface area contributed by atoms with Gasteiger partial charge in [0.25, 0.3) is 0 Å². The van der Waals surface area contributed by atoms with E-state index < -0.39 is 0 Å². The van der Waals surface area contributed by atoms with E-state index in [1.807, 2.05) is 0 Å². The molecule has 0 saturated carbocycles. The van der Waals surface area contributed by atoms with Gasteiger partial charge in [0.2, 0.25) is 0 Å². The number of aliphatic imine (C=N–C) groups is 1. The molecule has 4 nitrogen and oxygen atoms in total. The molecule has 2 heterocycles. The molecule has 9 rings (SSSR count). The summed E-state index contributed by atoms with van der Waals surface area (Å²) in [5, 5.41) is 9.99. The minimum Gasteiger partial charge on any atom is -0.350 e. The monoisotopic (exact) mass is 630 g/mol. The lowest BCUT2D eigenvalue weighted by Gasteiger charge is -2.32. The Morgan fingerprint density at radius 3 is 1.80 bits per heavy atom. The fraction of sp³-hybridized carbons (Fsp3) is 0.0444. The van der Waals surface area contributed by atoms with Gasteiger partial charge in [-0.15, -0.1) is 0 Å².